The van der Waals surface area contributed by atoms with Gasteiger partial charge in [-0.2, -0.15) is 0 Å². The van der Waals surface area contributed by atoms with Crippen LogP contribution >= 0.6 is 23.4 Å². The fraction of sp³-hybridized carbons (Fsp3) is 0.250. The molecule has 0 amide bonds. The van der Waals surface area contributed by atoms with Gasteiger partial charge in [0.15, 0.2) is 0 Å². The van der Waals surface area contributed by atoms with E-state index in [0.717, 1.165) is 11.6 Å². The summed E-state index contributed by atoms with van der Waals surface area (Å²) in [5.41, 5.74) is 1.21. The second-order valence-corrected chi connectivity index (χ2v) is 6.31. The smallest absolute Gasteiger partial charge is 0.0462 e. The molecule has 1 saturated carbocycles. The Labute approximate surface area is 123 Å². The standard InChI is InChI=1S/C16H16ClNS/c17-15-7-4-8-16(14(15)11-18-12-9-10-12)19-13-5-2-1-3-6-13/h1-8,12,18H,9-11H2. The van der Waals surface area contributed by atoms with Crippen LogP contribution in [0.1, 0.15) is 18.4 Å². The molecule has 1 aliphatic carbocycles. The number of nitrogens with one attached hydrogen (secondary N) is 1. The van der Waals surface area contributed by atoms with Crippen molar-refractivity contribution in [3.8, 4) is 0 Å². The lowest BCUT2D eigenvalue weighted by atomic mass is 10.2. The molecule has 1 nitrogen and oxygen atoms in total. The van der Waals surface area contributed by atoms with Crippen molar-refractivity contribution in [3.63, 3.8) is 0 Å². The molecule has 3 heteroatoms. The third-order valence-electron chi connectivity index (χ3n) is 3.19. The first-order valence-electron chi connectivity index (χ1n) is 6.56. The van der Waals surface area contributed by atoms with Gasteiger partial charge in [-0.05, 0) is 42.7 Å². The highest BCUT2D eigenvalue weighted by atomic mass is 35.5. The van der Waals surface area contributed by atoms with Crippen LogP contribution in [-0.2, 0) is 6.54 Å². The summed E-state index contributed by atoms with van der Waals surface area (Å²) in [7, 11) is 0. The fourth-order valence-corrected chi connectivity index (χ4v) is 3.25. The second kappa shape index (κ2) is 6.00. The molecular formula is C16H16ClNS. The molecule has 0 spiro atoms. The maximum Gasteiger partial charge on any atom is 0.0462 e. The first kappa shape index (κ1) is 13.0. The molecule has 0 aliphatic heterocycles. The maximum atomic E-state index is 6.35. The van der Waals surface area contributed by atoms with Crippen LogP contribution in [0.15, 0.2) is 58.3 Å². The van der Waals surface area contributed by atoms with Gasteiger partial charge in [-0.3, -0.25) is 0 Å². The van der Waals surface area contributed by atoms with Gasteiger partial charge in [0, 0.05) is 27.4 Å². The molecule has 1 aliphatic rings. The van der Waals surface area contributed by atoms with Crippen LogP contribution in [0.5, 0.6) is 0 Å². The molecule has 0 heterocycles. The van der Waals surface area contributed by atoms with Crippen LogP contribution in [0.2, 0.25) is 5.02 Å². The number of hydrogen-bond donors (Lipinski definition) is 1. The Bertz CT molecular complexity index is 552. The zero-order valence-corrected chi connectivity index (χ0v) is 12.2. The zero-order valence-electron chi connectivity index (χ0n) is 10.6. The number of hydrogen-bond acceptors (Lipinski definition) is 2. The van der Waals surface area contributed by atoms with E-state index < -0.39 is 0 Å². The second-order valence-electron chi connectivity index (χ2n) is 4.79. The summed E-state index contributed by atoms with van der Waals surface area (Å²) in [5, 5.41) is 4.40. The molecule has 19 heavy (non-hydrogen) atoms. The highest BCUT2D eigenvalue weighted by Crippen LogP contribution is 2.34. The minimum absolute atomic E-state index is 0.700. The van der Waals surface area contributed by atoms with Gasteiger partial charge in [-0.1, -0.05) is 47.6 Å². The molecule has 3 rings (SSSR count). The van der Waals surface area contributed by atoms with Gasteiger partial charge in [-0.25, -0.2) is 0 Å². The third-order valence-corrected chi connectivity index (χ3v) is 4.66. The summed E-state index contributed by atoms with van der Waals surface area (Å²) in [6.45, 7) is 0.861. The molecule has 0 bridgehead atoms. The normalized spacial score (nSPS) is 14.6. The Morgan fingerprint density at radius 1 is 1.05 bits per heavy atom. The highest BCUT2D eigenvalue weighted by molar-refractivity contribution is 7.99. The molecule has 0 aromatic heterocycles. The summed E-state index contributed by atoms with van der Waals surface area (Å²) in [4.78, 5) is 2.49. The van der Waals surface area contributed by atoms with Crippen LogP contribution in [0, 0.1) is 0 Å². The fourth-order valence-electron chi connectivity index (χ4n) is 1.96. The molecule has 0 saturated heterocycles. The van der Waals surface area contributed by atoms with E-state index >= 15 is 0 Å². The number of rotatable bonds is 5. The minimum atomic E-state index is 0.700. The Morgan fingerprint density at radius 3 is 2.58 bits per heavy atom. The Balaban J connectivity index is 1.80. The van der Waals surface area contributed by atoms with E-state index in [1.165, 1.54) is 28.2 Å². The van der Waals surface area contributed by atoms with Crippen LogP contribution in [0.3, 0.4) is 0 Å². The van der Waals surface area contributed by atoms with Crippen LogP contribution in [-0.4, -0.2) is 6.04 Å². The van der Waals surface area contributed by atoms with Gasteiger partial charge in [0.1, 0.15) is 0 Å². The molecule has 1 fully saturated rings. The lowest BCUT2D eigenvalue weighted by Gasteiger charge is -2.12. The van der Waals surface area contributed by atoms with Gasteiger partial charge in [0.2, 0.25) is 0 Å². The van der Waals surface area contributed by atoms with E-state index in [9.17, 15) is 0 Å². The van der Waals surface area contributed by atoms with Crippen molar-refractivity contribution >= 4 is 23.4 Å². The largest absolute Gasteiger partial charge is 0.310 e. The topological polar surface area (TPSA) is 12.0 Å². The van der Waals surface area contributed by atoms with Crippen LogP contribution < -0.4 is 5.32 Å². The molecule has 0 radical (unpaired) electrons. The first-order valence-corrected chi connectivity index (χ1v) is 7.76. The third kappa shape index (κ3) is 3.53. The van der Waals surface area contributed by atoms with Crippen molar-refractivity contribution in [2.45, 2.75) is 35.2 Å². The molecule has 0 unspecified atom stereocenters. The summed E-state index contributed by atoms with van der Waals surface area (Å²) < 4.78 is 0. The Morgan fingerprint density at radius 2 is 1.84 bits per heavy atom. The van der Waals surface area contributed by atoms with Crippen molar-refractivity contribution in [3.05, 3.63) is 59.1 Å². The number of benzene rings is 2. The minimum Gasteiger partial charge on any atom is -0.310 e. The predicted molar refractivity (Wildman–Crippen MR) is 81.9 cm³/mol. The highest BCUT2D eigenvalue weighted by Gasteiger charge is 2.21. The van der Waals surface area contributed by atoms with Gasteiger partial charge in [0.05, 0.1) is 0 Å². The first-order chi connectivity index (χ1) is 9.33. The summed E-state index contributed by atoms with van der Waals surface area (Å²) in [6, 6.07) is 17.3. The van der Waals surface area contributed by atoms with Crippen LogP contribution in [0.25, 0.3) is 0 Å². The van der Waals surface area contributed by atoms with Crippen molar-refractivity contribution < 1.29 is 0 Å². The molecule has 2 aromatic rings. The lowest BCUT2D eigenvalue weighted by Crippen LogP contribution is -2.16. The molecule has 98 valence electrons. The Hall–Kier alpha value is -0.960. The average molecular weight is 290 g/mol. The number of halogens is 1. The van der Waals surface area contributed by atoms with Gasteiger partial charge < -0.3 is 5.32 Å². The molecule has 1 N–H and O–H groups in total. The van der Waals surface area contributed by atoms with Crippen molar-refractivity contribution in [2.24, 2.45) is 0 Å². The van der Waals surface area contributed by atoms with Crippen molar-refractivity contribution in [2.75, 3.05) is 0 Å². The van der Waals surface area contributed by atoms with E-state index in [-0.39, 0.29) is 0 Å². The SMILES string of the molecule is Clc1cccc(Sc2ccccc2)c1CNC1CC1. The van der Waals surface area contributed by atoms with E-state index in [0.29, 0.717) is 6.04 Å². The van der Waals surface area contributed by atoms with E-state index in [4.69, 9.17) is 11.6 Å². The van der Waals surface area contributed by atoms with Gasteiger partial charge >= 0.3 is 0 Å². The van der Waals surface area contributed by atoms with Gasteiger partial charge in [-0.15, -0.1) is 0 Å². The molecular weight excluding hydrogens is 274 g/mol. The summed E-state index contributed by atoms with van der Waals surface area (Å²) >= 11 is 8.12. The van der Waals surface area contributed by atoms with Gasteiger partial charge in [0.25, 0.3) is 0 Å². The van der Waals surface area contributed by atoms with E-state index in [2.05, 4.69) is 35.6 Å². The predicted octanol–water partition coefficient (Wildman–Crippen LogP) is 4.74. The summed E-state index contributed by atoms with van der Waals surface area (Å²) in [6.07, 6.45) is 2.59. The zero-order chi connectivity index (χ0) is 13.1. The quantitative estimate of drug-likeness (QED) is 0.853. The molecule has 2 aromatic carbocycles. The monoisotopic (exact) mass is 289 g/mol. The van der Waals surface area contributed by atoms with E-state index in [1.807, 2.05) is 18.2 Å². The average Bonchev–Trinajstić information content (AvgIpc) is 3.23. The maximum absolute atomic E-state index is 6.35. The summed E-state index contributed by atoms with van der Waals surface area (Å²) in [5.74, 6) is 0. The lowest BCUT2D eigenvalue weighted by molar-refractivity contribution is 0.680. The van der Waals surface area contributed by atoms with Crippen molar-refractivity contribution in [1.29, 1.82) is 0 Å². The van der Waals surface area contributed by atoms with Crippen molar-refractivity contribution in [1.82, 2.24) is 5.32 Å². The Kier molecular flexibility index (Phi) is 4.12. The molecule has 0 atom stereocenters. The van der Waals surface area contributed by atoms with E-state index in [1.54, 1.807) is 11.8 Å². The van der Waals surface area contributed by atoms with Crippen LogP contribution in [0.4, 0.5) is 0 Å².